The number of anilines is 2. The van der Waals surface area contributed by atoms with E-state index in [4.69, 9.17) is 0 Å². The van der Waals surface area contributed by atoms with Gasteiger partial charge in [0.25, 0.3) is 0 Å². The lowest BCUT2D eigenvalue weighted by molar-refractivity contribution is 0.0979. The molecule has 5 aromatic rings. The van der Waals surface area contributed by atoms with Crippen LogP contribution in [-0.4, -0.2) is 21.5 Å². The average Bonchev–Trinajstić information content (AvgIpc) is 3.28. The Morgan fingerprint density at radius 1 is 0.758 bits per heavy atom. The number of hydrogen-bond donors (Lipinski definition) is 1. The SMILES string of the molecule is Cc1ccc(-c2csc3ncnc(Nc4cccc5c4C(=O)c4ccccc4C5=O)c23)cc1. The molecule has 158 valence electrons. The lowest BCUT2D eigenvalue weighted by atomic mass is 9.83. The number of nitrogens with one attached hydrogen (secondary N) is 1. The van der Waals surface area contributed by atoms with Gasteiger partial charge in [-0.1, -0.05) is 66.2 Å². The fourth-order valence-electron chi connectivity index (χ4n) is 4.29. The fraction of sp³-hybridized carbons (Fsp3) is 0.0370. The van der Waals surface area contributed by atoms with Crippen LogP contribution in [0.3, 0.4) is 0 Å². The number of carbonyl (C=O) groups is 2. The molecule has 5 nitrogen and oxygen atoms in total. The first kappa shape index (κ1) is 19.5. The van der Waals surface area contributed by atoms with Gasteiger partial charge >= 0.3 is 0 Å². The Kier molecular flexibility index (Phi) is 4.41. The molecule has 6 rings (SSSR count). The first-order valence-corrected chi connectivity index (χ1v) is 11.4. The van der Waals surface area contributed by atoms with Crippen molar-refractivity contribution in [2.45, 2.75) is 6.92 Å². The summed E-state index contributed by atoms with van der Waals surface area (Å²) in [6, 6.07) is 20.6. The molecule has 0 aliphatic heterocycles. The zero-order valence-electron chi connectivity index (χ0n) is 17.6. The maximum Gasteiger partial charge on any atom is 0.196 e. The number of carbonyl (C=O) groups excluding carboxylic acids is 2. The lowest BCUT2D eigenvalue weighted by Crippen LogP contribution is -2.22. The summed E-state index contributed by atoms with van der Waals surface area (Å²) >= 11 is 1.55. The van der Waals surface area contributed by atoms with E-state index in [9.17, 15) is 9.59 Å². The molecular weight excluding hydrogens is 430 g/mol. The molecule has 1 aliphatic rings. The summed E-state index contributed by atoms with van der Waals surface area (Å²) in [7, 11) is 0. The molecule has 3 aromatic carbocycles. The molecule has 2 heterocycles. The van der Waals surface area contributed by atoms with Crippen LogP contribution in [0, 0.1) is 6.92 Å². The van der Waals surface area contributed by atoms with Crippen molar-refractivity contribution in [3.8, 4) is 11.1 Å². The molecule has 0 spiro atoms. The molecule has 0 saturated carbocycles. The van der Waals surface area contributed by atoms with Gasteiger partial charge in [0.05, 0.1) is 16.6 Å². The first-order chi connectivity index (χ1) is 16.1. The number of nitrogens with zero attached hydrogens (tertiary/aromatic N) is 2. The van der Waals surface area contributed by atoms with Crippen LogP contribution < -0.4 is 5.32 Å². The van der Waals surface area contributed by atoms with Crippen LogP contribution in [0.2, 0.25) is 0 Å². The molecule has 6 heteroatoms. The fourth-order valence-corrected chi connectivity index (χ4v) is 5.21. The predicted molar refractivity (Wildman–Crippen MR) is 131 cm³/mol. The highest BCUT2D eigenvalue weighted by Gasteiger charge is 2.31. The number of ketones is 2. The Balaban J connectivity index is 1.50. The van der Waals surface area contributed by atoms with Crippen LogP contribution in [-0.2, 0) is 0 Å². The van der Waals surface area contributed by atoms with Crippen molar-refractivity contribution in [3.63, 3.8) is 0 Å². The van der Waals surface area contributed by atoms with Crippen LogP contribution in [0.4, 0.5) is 11.5 Å². The summed E-state index contributed by atoms with van der Waals surface area (Å²) in [4.78, 5) is 36.3. The van der Waals surface area contributed by atoms with Crippen LogP contribution in [0.5, 0.6) is 0 Å². The number of benzene rings is 3. The molecule has 0 bridgehead atoms. The zero-order chi connectivity index (χ0) is 22.5. The summed E-state index contributed by atoms with van der Waals surface area (Å²) < 4.78 is 0. The Bertz CT molecular complexity index is 1590. The third-order valence-electron chi connectivity index (χ3n) is 5.94. The summed E-state index contributed by atoms with van der Waals surface area (Å²) in [5, 5.41) is 6.30. The summed E-state index contributed by atoms with van der Waals surface area (Å²) in [5.41, 5.74) is 5.48. The Labute approximate surface area is 193 Å². The molecule has 2 aromatic heterocycles. The van der Waals surface area contributed by atoms with Crippen LogP contribution >= 0.6 is 11.3 Å². The van der Waals surface area contributed by atoms with E-state index in [1.165, 1.54) is 11.9 Å². The van der Waals surface area contributed by atoms with Gasteiger partial charge in [-0.2, -0.15) is 0 Å². The van der Waals surface area contributed by atoms with Crippen molar-refractivity contribution in [1.82, 2.24) is 9.97 Å². The summed E-state index contributed by atoms with van der Waals surface area (Å²) in [6.07, 6.45) is 1.51. The number of aryl methyl sites for hydroxylation is 1. The molecule has 33 heavy (non-hydrogen) atoms. The lowest BCUT2D eigenvalue weighted by Gasteiger charge is -2.20. The van der Waals surface area contributed by atoms with E-state index in [0.29, 0.717) is 33.8 Å². The molecule has 0 amide bonds. The number of hydrogen-bond acceptors (Lipinski definition) is 6. The minimum absolute atomic E-state index is 0.146. The number of fused-ring (bicyclic) bond motifs is 3. The highest BCUT2D eigenvalue weighted by Crippen LogP contribution is 2.39. The molecule has 0 unspecified atom stereocenters. The maximum atomic E-state index is 13.4. The molecule has 0 radical (unpaired) electrons. The van der Waals surface area contributed by atoms with Crippen molar-refractivity contribution in [3.05, 3.63) is 106 Å². The zero-order valence-corrected chi connectivity index (χ0v) is 18.4. The molecular formula is C27H17N3O2S. The predicted octanol–water partition coefficient (Wildman–Crippen LogP) is 6.19. The Morgan fingerprint density at radius 2 is 1.48 bits per heavy atom. The van der Waals surface area contributed by atoms with E-state index in [1.54, 1.807) is 47.7 Å². The van der Waals surface area contributed by atoms with Crippen molar-refractivity contribution in [1.29, 1.82) is 0 Å². The largest absolute Gasteiger partial charge is 0.339 e. The third-order valence-corrected chi connectivity index (χ3v) is 6.82. The second-order valence-electron chi connectivity index (χ2n) is 7.97. The molecule has 1 N–H and O–H groups in total. The Morgan fingerprint density at radius 3 is 2.27 bits per heavy atom. The van der Waals surface area contributed by atoms with Crippen molar-refractivity contribution in [2.24, 2.45) is 0 Å². The van der Waals surface area contributed by atoms with Gasteiger partial charge < -0.3 is 5.32 Å². The van der Waals surface area contributed by atoms with Gasteiger partial charge in [0.1, 0.15) is 17.0 Å². The highest BCUT2D eigenvalue weighted by atomic mass is 32.1. The van der Waals surface area contributed by atoms with Crippen molar-refractivity contribution >= 4 is 44.6 Å². The normalized spacial score (nSPS) is 12.5. The van der Waals surface area contributed by atoms with Gasteiger partial charge in [0, 0.05) is 27.6 Å². The van der Waals surface area contributed by atoms with Crippen molar-refractivity contribution in [2.75, 3.05) is 5.32 Å². The van der Waals surface area contributed by atoms with E-state index in [2.05, 4.69) is 51.9 Å². The van der Waals surface area contributed by atoms with E-state index in [-0.39, 0.29) is 11.6 Å². The highest BCUT2D eigenvalue weighted by molar-refractivity contribution is 7.17. The maximum absolute atomic E-state index is 13.4. The van der Waals surface area contributed by atoms with Crippen LogP contribution in [0.25, 0.3) is 21.3 Å². The third kappa shape index (κ3) is 3.07. The minimum atomic E-state index is -0.169. The van der Waals surface area contributed by atoms with E-state index in [0.717, 1.165) is 21.3 Å². The van der Waals surface area contributed by atoms with E-state index in [1.807, 2.05) is 6.07 Å². The average molecular weight is 448 g/mol. The molecule has 0 atom stereocenters. The van der Waals surface area contributed by atoms with Crippen molar-refractivity contribution < 1.29 is 9.59 Å². The summed E-state index contributed by atoms with van der Waals surface area (Å²) in [5.74, 6) is 0.287. The van der Waals surface area contributed by atoms with Crippen LogP contribution in [0.1, 0.15) is 37.4 Å². The second-order valence-corrected chi connectivity index (χ2v) is 8.83. The number of rotatable bonds is 3. The van der Waals surface area contributed by atoms with Gasteiger partial charge in [-0.3, -0.25) is 9.59 Å². The quantitative estimate of drug-likeness (QED) is 0.350. The standard InChI is InChI=1S/C27H17N3O2S/c1-15-9-11-16(12-10-15)20-13-33-27-23(20)26(28-14-29-27)30-21-8-4-7-19-22(21)25(32)18-6-3-2-5-17(18)24(19)31/h2-14H,1H3,(H,28,29,30). The Hall–Kier alpha value is -4.16. The minimum Gasteiger partial charge on any atom is -0.339 e. The van der Waals surface area contributed by atoms with E-state index < -0.39 is 0 Å². The monoisotopic (exact) mass is 447 g/mol. The van der Waals surface area contributed by atoms with E-state index >= 15 is 0 Å². The molecule has 0 fully saturated rings. The van der Waals surface area contributed by atoms with Gasteiger partial charge in [-0.05, 0) is 18.6 Å². The number of thiophene rings is 1. The topological polar surface area (TPSA) is 72.0 Å². The van der Waals surface area contributed by atoms with Gasteiger partial charge in [0.2, 0.25) is 0 Å². The number of aromatic nitrogens is 2. The molecule has 1 aliphatic carbocycles. The van der Waals surface area contributed by atoms with Gasteiger partial charge in [-0.15, -0.1) is 11.3 Å². The van der Waals surface area contributed by atoms with Crippen LogP contribution in [0.15, 0.2) is 78.4 Å². The molecule has 0 saturated heterocycles. The second kappa shape index (κ2) is 7.46. The smallest absolute Gasteiger partial charge is 0.196 e. The van der Waals surface area contributed by atoms with Gasteiger partial charge in [0.15, 0.2) is 11.6 Å². The summed E-state index contributed by atoms with van der Waals surface area (Å²) in [6.45, 7) is 2.06. The first-order valence-electron chi connectivity index (χ1n) is 10.5. The van der Waals surface area contributed by atoms with Gasteiger partial charge in [-0.25, -0.2) is 9.97 Å².